The summed E-state index contributed by atoms with van der Waals surface area (Å²) in [5.41, 5.74) is 1.73. The first-order chi connectivity index (χ1) is 22.1. The van der Waals surface area contributed by atoms with Crippen molar-refractivity contribution in [3.63, 3.8) is 0 Å². The minimum atomic E-state index is -4.42. The predicted octanol–water partition coefficient (Wildman–Crippen LogP) is 4.61. The molecule has 4 N–H and O–H groups in total. The molecule has 0 saturated heterocycles. The van der Waals surface area contributed by atoms with Crippen molar-refractivity contribution < 1.29 is 42.0 Å². The number of anilines is 1. The molecule has 0 spiro atoms. The van der Waals surface area contributed by atoms with Gasteiger partial charge in [0.05, 0.1) is 25.0 Å². The average Bonchev–Trinajstić information content (AvgIpc) is 2.97. The molecule has 0 fully saturated rings. The second kappa shape index (κ2) is 15.5. The van der Waals surface area contributed by atoms with Gasteiger partial charge in [-0.2, -0.15) is 12.7 Å². The van der Waals surface area contributed by atoms with E-state index in [0.29, 0.717) is 35.3 Å². The van der Waals surface area contributed by atoms with E-state index < -0.39 is 39.9 Å². The lowest BCUT2D eigenvalue weighted by Crippen LogP contribution is -2.44. The summed E-state index contributed by atoms with van der Waals surface area (Å²) in [6, 6.07) is 21.7. The molecule has 0 aliphatic carbocycles. The van der Waals surface area contributed by atoms with E-state index in [4.69, 9.17) is 28.8 Å². The number of nitrogens with zero attached hydrogens (tertiary/aromatic N) is 1. The number of hydrogen-bond acceptors (Lipinski definition) is 10. The van der Waals surface area contributed by atoms with Gasteiger partial charge in [0.25, 0.3) is 0 Å². The van der Waals surface area contributed by atoms with E-state index in [-0.39, 0.29) is 18.9 Å². The minimum Gasteiger partial charge on any atom is -0.491 e. The van der Waals surface area contributed by atoms with Crippen molar-refractivity contribution in [3.05, 3.63) is 89.5 Å². The predicted molar refractivity (Wildman–Crippen MR) is 177 cm³/mol. The summed E-state index contributed by atoms with van der Waals surface area (Å²) in [6.07, 6.45) is -1.56. The van der Waals surface area contributed by atoms with Crippen molar-refractivity contribution in [2.24, 2.45) is 5.14 Å². The van der Waals surface area contributed by atoms with Crippen LogP contribution in [0.2, 0.25) is 0 Å². The number of aliphatic hydroxyl groups is 1. The smallest absolute Gasteiger partial charge is 0.429 e. The zero-order chi connectivity index (χ0) is 34.2. The molecule has 2 atom stereocenters. The fourth-order valence-corrected chi connectivity index (χ4v) is 5.59. The monoisotopic (exact) mass is 671 g/mol. The van der Waals surface area contributed by atoms with Crippen LogP contribution >= 0.6 is 0 Å². The zero-order valence-corrected chi connectivity index (χ0v) is 28.3. The van der Waals surface area contributed by atoms with Gasteiger partial charge in [0.1, 0.15) is 29.8 Å². The first-order valence-electron chi connectivity index (χ1n) is 15.4. The molecule has 1 unspecified atom stereocenters. The van der Waals surface area contributed by atoms with Crippen molar-refractivity contribution in [1.29, 1.82) is 0 Å². The Bertz CT molecular complexity index is 1590. The summed E-state index contributed by atoms with van der Waals surface area (Å²) in [5, 5.41) is 19.5. The lowest BCUT2D eigenvalue weighted by Gasteiger charge is -2.39. The average molecular weight is 672 g/mol. The summed E-state index contributed by atoms with van der Waals surface area (Å²) < 4.78 is 53.4. The van der Waals surface area contributed by atoms with Crippen molar-refractivity contribution in [2.45, 2.75) is 71.2 Å². The minimum absolute atomic E-state index is 0.0497. The number of amides is 1. The van der Waals surface area contributed by atoms with Gasteiger partial charge < -0.3 is 34.1 Å². The van der Waals surface area contributed by atoms with Crippen molar-refractivity contribution in [2.75, 3.05) is 30.6 Å². The van der Waals surface area contributed by atoms with Gasteiger partial charge in [0.15, 0.2) is 0 Å². The normalized spacial score (nSPS) is 16.4. The van der Waals surface area contributed by atoms with Gasteiger partial charge in [-0.1, -0.05) is 42.5 Å². The number of benzene rings is 3. The highest BCUT2D eigenvalue weighted by molar-refractivity contribution is 7.91. The Balaban J connectivity index is 1.17. The fourth-order valence-electron chi connectivity index (χ4n) is 4.94. The van der Waals surface area contributed by atoms with Crippen LogP contribution in [0.5, 0.6) is 11.5 Å². The number of aliphatic hydroxyl groups excluding tert-OH is 1. The van der Waals surface area contributed by atoms with Crippen LogP contribution in [0.4, 0.5) is 10.5 Å². The Kier molecular flexibility index (Phi) is 11.9. The van der Waals surface area contributed by atoms with Gasteiger partial charge in [-0.3, -0.25) is 0 Å². The van der Waals surface area contributed by atoms with Crippen LogP contribution < -0.4 is 24.2 Å². The summed E-state index contributed by atoms with van der Waals surface area (Å²) in [6.45, 7) is 10.3. The molecule has 0 radical (unpaired) electrons. The molecule has 13 heteroatoms. The van der Waals surface area contributed by atoms with Gasteiger partial charge in [0, 0.05) is 26.0 Å². The first kappa shape index (κ1) is 36.1. The van der Waals surface area contributed by atoms with Crippen molar-refractivity contribution in [1.82, 2.24) is 5.32 Å². The summed E-state index contributed by atoms with van der Waals surface area (Å²) in [5.74, 6) is 0.594. The van der Waals surface area contributed by atoms with E-state index in [1.54, 1.807) is 32.9 Å². The Labute approximate surface area is 276 Å². The van der Waals surface area contributed by atoms with Crippen LogP contribution in [0.1, 0.15) is 57.4 Å². The lowest BCUT2D eigenvalue weighted by atomic mass is 10.0. The van der Waals surface area contributed by atoms with Crippen LogP contribution in [0.25, 0.3) is 0 Å². The standard InChI is InChI=1S/C34H45N3O9S/c1-33(2,3)46-32(39)37(47(35,40)41)26-10-8-9-25(21-26)23-42-19-20-43-27-15-13-24(14-16-27)17-18-36-22-29(38)31-28-11-6-7-12-30(28)44-34(4,5)45-31/h6-16,21,29,31,36,38H,17-20,22-23H2,1-5H3,(H2,35,40,41)/t29-,31?/m1/s1. The molecule has 0 aromatic heterocycles. The second-order valence-corrected chi connectivity index (χ2v) is 14.0. The Hall–Kier alpha value is -3.72. The van der Waals surface area contributed by atoms with Crippen molar-refractivity contribution >= 4 is 22.0 Å². The molecular formula is C34H45N3O9S. The maximum Gasteiger partial charge on any atom is 0.429 e. The van der Waals surface area contributed by atoms with Gasteiger partial charge >= 0.3 is 16.3 Å². The van der Waals surface area contributed by atoms with E-state index in [9.17, 15) is 18.3 Å². The van der Waals surface area contributed by atoms with Gasteiger partial charge in [0.2, 0.25) is 5.79 Å². The van der Waals surface area contributed by atoms with Crippen LogP contribution in [0.15, 0.2) is 72.8 Å². The highest BCUT2D eigenvalue weighted by atomic mass is 32.2. The van der Waals surface area contributed by atoms with E-state index >= 15 is 0 Å². The number of hydrogen-bond donors (Lipinski definition) is 3. The summed E-state index contributed by atoms with van der Waals surface area (Å²) in [7, 11) is -4.42. The molecule has 256 valence electrons. The van der Waals surface area contributed by atoms with Crippen LogP contribution in [0.3, 0.4) is 0 Å². The summed E-state index contributed by atoms with van der Waals surface area (Å²) >= 11 is 0. The van der Waals surface area contributed by atoms with Gasteiger partial charge in [-0.15, -0.1) is 0 Å². The molecule has 47 heavy (non-hydrogen) atoms. The van der Waals surface area contributed by atoms with E-state index in [1.807, 2.05) is 62.4 Å². The number of nitrogens with two attached hydrogens (primary N) is 1. The third kappa shape index (κ3) is 10.9. The number of ether oxygens (including phenoxy) is 5. The van der Waals surface area contributed by atoms with E-state index in [1.165, 1.54) is 12.1 Å². The number of carbonyl (C=O) groups is 1. The molecule has 0 saturated carbocycles. The number of nitrogens with one attached hydrogen (secondary N) is 1. The third-order valence-corrected chi connectivity index (χ3v) is 7.80. The zero-order valence-electron chi connectivity index (χ0n) is 27.5. The number of carbonyl (C=O) groups excluding carboxylic acids is 1. The van der Waals surface area contributed by atoms with Crippen molar-refractivity contribution in [3.8, 4) is 11.5 Å². The van der Waals surface area contributed by atoms with E-state index in [0.717, 1.165) is 23.3 Å². The Morgan fingerprint density at radius 3 is 2.47 bits per heavy atom. The highest BCUT2D eigenvalue weighted by Gasteiger charge is 2.37. The number of fused-ring (bicyclic) bond motifs is 1. The Morgan fingerprint density at radius 2 is 1.77 bits per heavy atom. The number of rotatable bonds is 14. The second-order valence-electron chi connectivity index (χ2n) is 12.6. The van der Waals surface area contributed by atoms with Gasteiger partial charge in [-0.05, 0) is 75.2 Å². The molecule has 4 rings (SSSR count). The van der Waals surface area contributed by atoms with E-state index in [2.05, 4.69) is 5.32 Å². The third-order valence-electron chi connectivity index (χ3n) is 6.93. The molecule has 1 heterocycles. The Morgan fingerprint density at radius 1 is 1.04 bits per heavy atom. The molecule has 3 aromatic carbocycles. The molecule has 12 nitrogen and oxygen atoms in total. The SMILES string of the molecule is CC(C)(C)OC(=O)N(c1cccc(COCCOc2ccc(CCNC[C@@H](O)C3OC(C)(C)Oc4ccccc43)cc2)c1)S(N)(=O)=O. The fraction of sp³-hybridized carbons (Fsp3) is 0.441. The van der Waals surface area contributed by atoms with Crippen LogP contribution in [-0.2, 0) is 37.4 Å². The molecule has 1 aliphatic rings. The maximum atomic E-state index is 12.5. The summed E-state index contributed by atoms with van der Waals surface area (Å²) in [4.78, 5) is 12.5. The highest BCUT2D eigenvalue weighted by Crippen LogP contribution is 2.40. The molecule has 3 aromatic rings. The van der Waals surface area contributed by atoms with Crippen LogP contribution in [-0.4, -0.2) is 63.4 Å². The molecular weight excluding hydrogens is 626 g/mol. The molecule has 1 aliphatic heterocycles. The first-order valence-corrected chi connectivity index (χ1v) is 16.9. The van der Waals surface area contributed by atoms with Gasteiger partial charge in [-0.25, -0.2) is 9.93 Å². The maximum absolute atomic E-state index is 12.5. The lowest BCUT2D eigenvalue weighted by molar-refractivity contribution is -0.228. The number of para-hydroxylation sites is 1. The molecule has 1 amide bonds. The topological polar surface area (TPSA) is 159 Å². The largest absolute Gasteiger partial charge is 0.491 e. The quantitative estimate of drug-likeness (QED) is 0.207. The van der Waals surface area contributed by atoms with Crippen LogP contribution in [0, 0.1) is 0 Å². The molecule has 0 bridgehead atoms.